The summed E-state index contributed by atoms with van der Waals surface area (Å²) in [4.78, 5) is 60.9. The topological polar surface area (TPSA) is 148 Å². The number of benzene rings is 1. The van der Waals surface area contributed by atoms with Gasteiger partial charge in [-0.2, -0.15) is 0 Å². The minimum absolute atomic E-state index is 0.101. The van der Waals surface area contributed by atoms with Gasteiger partial charge in [0.15, 0.2) is 6.61 Å². The van der Waals surface area contributed by atoms with Crippen LogP contribution in [0.15, 0.2) is 18.2 Å². The fourth-order valence-corrected chi connectivity index (χ4v) is 4.57. The van der Waals surface area contributed by atoms with Crippen molar-refractivity contribution >= 4 is 46.8 Å². The largest absolute Gasteiger partial charge is 0.454 e. The van der Waals surface area contributed by atoms with Crippen molar-refractivity contribution in [3.63, 3.8) is 0 Å². The van der Waals surface area contributed by atoms with E-state index in [1.165, 1.54) is 12.1 Å². The second kappa shape index (κ2) is 9.57. The van der Waals surface area contributed by atoms with Crippen molar-refractivity contribution < 1.29 is 28.8 Å². The molecule has 0 unspecified atom stereocenters. The second-order valence-electron chi connectivity index (χ2n) is 9.67. The predicted octanol–water partition coefficient (Wildman–Crippen LogP) is 3.26. The molecular weight excluding hydrogens is 468 g/mol. The molecule has 0 atom stereocenters. The van der Waals surface area contributed by atoms with E-state index in [0.29, 0.717) is 18.8 Å². The number of amides is 4. The molecule has 1 heterocycles. The molecule has 1 spiro atoms. The third-order valence-electron chi connectivity index (χ3n) is 6.39. The molecular formula is C22H27ClN4O7. The number of carbonyl (C=O) groups excluding carboxylic acids is 4. The summed E-state index contributed by atoms with van der Waals surface area (Å²) in [6, 6.07) is 3.02. The van der Waals surface area contributed by atoms with Gasteiger partial charge in [0.1, 0.15) is 17.8 Å². The van der Waals surface area contributed by atoms with Crippen LogP contribution >= 0.6 is 11.6 Å². The van der Waals surface area contributed by atoms with Crippen LogP contribution in [0, 0.1) is 21.4 Å². The first kappa shape index (κ1) is 25.4. The van der Waals surface area contributed by atoms with Gasteiger partial charge in [0.2, 0.25) is 0 Å². The highest BCUT2D eigenvalue weighted by atomic mass is 35.5. The Morgan fingerprint density at radius 2 is 1.94 bits per heavy atom. The number of esters is 1. The van der Waals surface area contributed by atoms with Crippen molar-refractivity contribution in [1.29, 1.82) is 0 Å². The number of anilines is 1. The van der Waals surface area contributed by atoms with E-state index in [2.05, 4.69) is 31.4 Å². The van der Waals surface area contributed by atoms with Gasteiger partial charge in [-0.05, 0) is 49.1 Å². The summed E-state index contributed by atoms with van der Waals surface area (Å²) in [6.07, 6.45) is 2.55. The van der Waals surface area contributed by atoms with Crippen molar-refractivity contribution in [1.82, 2.24) is 10.2 Å². The number of nitrogens with zero attached hydrogens (tertiary/aromatic N) is 2. The van der Waals surface area contributed by atoms with Crippen molar-refractivity contribution in [2.45, 2.75) is 52.0 Å². The summed E-state index contributed by atoms with van der Waals surface area (Å²) in [5.41, 5.74) is -1.44. The fraction of sp³-hybridized carbons (Fsp3) is 0.545. The van der Waals surface area contributed by atoms with Crippen molar-refractivity contribution in [3.8, 4) is 0 Å². The minimum Gasteiger partial charge on any atom is -0.454 e. The molecule has 0 aromatic heterocycles. The zero-order valence-corrected chi connectivity index (χ0v) is 19.9. The summed E-state index contributed by atoms with van der Waals surface area (Å²) in [7, 11) is 0. The van der Waals surface area contributed by atoms with Crippen molar-refractivity contribution in [2.24, 2.45) is 11.3 Å². The number of nitro groups is 1. The highest BCUT2D eigenvalue weighted by Crippen LogP contribution is 2.43. The Kier molecular flexibility index (Phi) is 7.15. The van der Waals surface area contributed by atoms with Crippen molar-refractivity contribution in [2.75, 3.05) is 18.5 Å². The van der Waals surface area contributed by atoms with Crippen LogP contribution in [0.3, 0.4) is 0 Å². The van der Waals surface area contributed by atoms with E-state index in [1.807, 2.05) is 0 Å². The van der Waals surface area contributed by atoms with E-state index in [1.54, 1.807) is 0 Å². The maximum absolute atomic E-state index is 13.0. The molecule has 1 aliphatic carbocycles. The van der Waals surface area contributed by atoms with Crippen LogP contribution < -0.4 is 10.6 Å². The second-order valence-corrected chi connectivity index (χ2v) is 10.1. The van der Waals surface area contributed by atoms with Gasteiger partial charge in [-0.3, -0.25) is 29.4 Å². The first-order valence-corrected chi connectivity index (χ1v) is 11.2. The van der Waals surface area contributed by atoms with E-state index < -0.39 is 53.1 Å². The summed E-state index contributed by atoms with van der Waals surface area (Å²) in [5.74, 6) is -1.82. The Hall–Kier alpha value is -3.21. The number of halogens is 1. The van der Waals surface area contributed by atoms with E-state index >= 15 is 0 Å². The lowest BCUT2D eigenvalue weighted by atomic mass is 9.67. The number of ether oxygens (including phenoxy) is 1. The molecule has 34 heavy (non-hydrogen) atoms. The predicted molar refractivity (Wildman–Crippen MR) is 122 cm³/mol. The Balaban J connectivity index is 1.53. The number of rotatable bonds is 6. The number of hydrogen-bond acceptors (Lipinski definition) is 7. The molecule has 1 aromatic carbocycles. The number of hydrogen-bond donors (Lipinski definition) is 2. The van der Waals surface area contributed by atoms with Gasteiger partial charge < -0.3 is 15.4 Å². The van der Waals surface area contributed by atoms with Gasteiger partial charge in [0, 0.05) is 11.1 Å². The lowest BCUT2D eigenvalue weighted by Gasteiger charge is -2.40. The van der Waals surface area contributed by atoms with Gasteiger partial charge in [-0.1, -0.05) is 32.4 Å². The molecule has 0 bridgehead atoms. The monoisotopic (exact) mass is 494 g/mol. The minimum atomic E-state index is -1.01. The Bertz CT molecular complexity index is 1030. The summed E-state index contributed by atoms with van der Waals surface area (Å²) in [5, 5.41) is 16.2. The molecule has 4 amide bonds. The zero-order valence-electron chi connectivity index (χ0n) is 19.2. The fourth-order valence-electron chi connectivity index (χ4n) is 4.40. The molecule has 12 heteroatoms. The van der Waals surface area contributed by atoms with Gasteiger partial charge in [0.05, 0.1) is 4.92 Å². The molecule has 1 saturated heterocycles. The van der Waals surface area contributed by atoms with E-state index in [0.717, 1.165) is 23.8 Å². The first-order valence-electron chi connectivity index (χ1n) is 10.9. The normalized spacial score (nSPS) is 22.5. The highest BCUT2D eigenvalue weighted by molar-refractivity contribution is 6.31. The zero-order chi connectivity index (χ0) is 25.3. The average Bonchev–Trinajstić information content (AvgIpc) is 2.97. The van der Waals surface area contributed by atoms with Gasteiger partial charge in [0.25, 0.3) is 17.5 Å². The summed E-state index contributed by atoms with van der Waals surface area (Å²) >= 11 is 5.73. The lowest BCUT2D eigenvalue weighted by Crippen LogP contribution is -2.50. The third-order valence-corrected chi connectivity index (χ3v) is 6.63. The van der Waals surface area contributed by atoms with E-state index in [-0.39, 0.29) is 16.1 Å². The standard InChI is InChI=1S/C22H27ClN4O7/c1-21(2,3)13-6-8-22(9-7-13)19(30)26(20(31)25-22)11-18(29)34-12-17(28)24-15-5-4-14(23)10-16(15)27(32)33/h4-5,10,13H,6-9,11-12H2,1-3H3,(H,24,28)(H,25,31). The maximum atomic E-state index is 13.0. The molecule has 11 nitrogen and oxygen atoms in total. The number of urea groups is 1. The van der Waals surface area contributed by atoms with Crippen LogP contribution in [-0.2, 0) is 19.1 Å². The maximum Gasteiger partial charge on any atom is 0.326 e. The van der Waals surface area contributed by atoms with Crippen LogP contribution in [0.2, 0.25) is 5.02 Å². The SMILES string of the molecule is CC(C)(C)C1CCC2(CC1)NC(=O)N(CC(=O)OCC(=O)Nc1ccc(Cl)cc1[N+](=O)[O-])C2=O. The summed E-state index contributed by atoms with van der Waals surface area (Å²) < 4.78 is 4.88. The lowest BCUT2D eigenvalue weighted by molar-refractivity contribution is -0.383. The molecule has 1 aromatic rings. The number of nitrogens with one attached hydrogen (secondary N) is 2. The molecule has 1 saturated carbocycles. The van der Waals surface area contributed by atoms with E-state index in [4.69, 9.17) is 16.3 Å². The number of nitro benzene ring substituents is 1. The van der Waals surface area contributed by atoms with Gasteiger partial charge in [-0.15, -0.1) is 0 Å². The first-order chi connectivity index (χ1) is 15.8. The smallest absolute Gasteiger partial charge is 0.326 e. The molecule has 3 rings (SSSR count). The van der Waals surface area contributed by atoms with Crippen LogP contribution in [-0.4, -0.2) is 52.3 Å². The van der Waals surface area contributed by atoms with Crippen LogP contribution in [0.25, 0.3) is 0 Å². The molecule has 0 radical (unpaired) electrons. The molecule has 184 valence electrons. The van der Waals surface area contributed by atoms with Gasteiger partial charge >= 0.3 is 12.0 Å². The number of carbonyl (C=O) groups is 4. The molecule has 1 aliphatic heterocycles. The Morgan fingerprint density at radius 3 is 2.53 bits per heavy atom. The van der Waals surface area contributed by atoms with Crippen LogP contribution in [0.4, 0.5) is 16.2 Å². The van der Waals surface area contributed by atoms with Crippen LogP contribution in [0.5, 0.6) is 0 Å². The molecule has 2 fully saturated rings. The van der Waals surface area contributed by atoms with Crippen LogP contribution in [0.1, 0.15) is 46.5 Å². The Morgan fingerprint density at radius 1 is 1.29 bits per heavy atom. The third kappa shape index (κ3) is 5.46. The summed E-state index contributed by atoms with van der Waals surface area (Å²) in [6.45, 7) is 5.06. The highest BCUT2D eigenvalue weighted by Gasteiger charge is 2.53. The quantitative estimate of drug-likeness (QED) is 0.267. The number of imide groups is 1. The average molecular weight is 495 g/mol. The molecule has 2 aliphatic rings. The van der Waals surface area contributed by atoms with E-state index in [9.17, 15) is 29.3 Å². The van der Waals surface area contributed by atoms with Gasteiger partial charge in [-0.25, -0.2) is 4.79 Å². The Labute approximate surface area is 201 Å². The molecule has 2 N–H and O–H groups in total. The van der Waals surface area contributed by atoms with Crippen molar-refractivity contribution in [3.05, 3.63) is 33.3 Å².